The van der Waals surface area contributed by atoms with Gasteiger partial charge in [0.05, 0.1) is 0 Å². The van der Waals surface area contributed by atoms with Gasteiger partial charge in [-0.3, -0.25) is 4.79 Å². The summed E-state index contributed by atoms with van der Waals surface area (Å²) >= 11 is 0. The van der Waals surface area contributed by atoms with Gasteiger partial charge in [-0.15, -0.1) is 0 Å². The first-order valence-corrected chi connectivity index (χ1v) is 6.45. The standard InChI is InChI=1S/C13H21N3O2/c1-13(2,5-8-17)9-15-11-12(18)16(7-6-14-11)10-3-4-10/h6-7,10,17H,3-5,8-9H2,1-2H3,(H,14,15). The van der Waals surface area contributed by atoms with Crippen molar-refractivity contribution >= 4 is 5.82 Å². The maximum Gasteiger partial charge on any atom is 0.293 e. The van der Waals surface area contributed by atoms with Crippen LogP contribution in [0.5, 0.6) is 0 Å². The number of anilines is 1. The predicted octanol–water partition coefficient (Wildman–Crippen LogP) is 1.40. The Kier molecular flexibility index (Phi) is 3.71. The monoisotopic (exact) mass is 251 g/mol. The Morgan fingerprint density at radius 3 is 2.89 bits per heavy atom. The molecule has 0 bridgehead atoms. The highest BCUT2D eigenvalue weighted by Gasteiger charge is 2.25. The van der Waals surface area contributed by atoms with E-state index in [1.807, 2.05) is 0 Å². The van der Waals surface area contributed by atoms with E-state index in [2.05, 4.69) is 24.1 Å². The second-order valence-electron chi connectivity index (χ2n) is 5.71. The summed E-state index contributed by atoms with van der Waals surface area (Å²) in [5.41, 5.74) is -0.0943. The molecule has 100 valence electrons. The lowest BCUT2D eigenvalue weighted by Crippen LogP contribution is -2.29. The summed E-state index contributed by atoms with van der Waals surface area (Å²) in [5.74, 6) is 0.412. The topological polar surface area (TPSA) is 67.2 Å². The number of aliphatic hydroxyl groups is 1. The summed E-state index contributed by atoms with van der Waals surface area (Å²) in [7, 11) is 0. The minimum Gasteiger partial charge on any atom is -0.396 e. The van der Waals surface area contributed by atoms with Crippen LogP contribution in [0, 0.1) is 5.41 Å². The van der Waals surface area contributed by atoms with Crippen LogP contribution in [0.25, 0.3) is 0 Å². The molecule has 1 aliphatic rings. The summed E-state index contributed by atoms with van der Waals surface area (Å²) in [6.07, 6.45) is 6.29. The SMILES string of the molecule is CC(C)(CCO)CNc1nccn(C2CC2)c1=O. The van der Waals surface area contributed by atoms with Crippen molar-refractivity contribution in [1.29, 1.82) is 0 Å². The highest BCUT2D eigenvalue weighted by atomic mass is 16.3. The number of nitrogens with one attached hydrogen (secondary N) is 1. The molecule has 1 aliphatic carbocycles. The Hall–Kier alpha value is -1.36. The second-order valence-corrected chi connectivity index (χ2v) is 5.71. The Bertz CT molecular complexity index is 464. The summed E-state index contributed by atoms with van der Waals surface area (Å²) in [6.45, 7) is 4.89. The van der Waals surface area contributed by atoms with E-state index in [1.54, 1.807) is 17.0 Å². The van der Waals surface area contributed by atoms with Crippen LogP contribution in [0.15, 0.2) is 17.2 Å². The van der Waals surface area contributed by atoms with Gasteiger partial charge in [0.25, 0.3) is 5.56 Å². The van der Waals surface area contributed by atoms with Crippen LogP contribution in [0.3, 0.4) is 0 Å². The number of aromatic nitrogens is 2. The average Bonchev–Trinajstić information content (AvgIpc) is 3.12. The van der Waals surface area contributed by atoms with Crippen LogP contribution >= 0.6 is 0 Å². The Balaban J connectivity index is 2.05. The number of rotatable bonds is 6. The van der Waals surface area contributed by atoms with Crippen LogP contribution in [-0.4, -0.2) is 27.8 Å². The van der Waals surface area contributed by atoms with Gasteiger partial charge in [-0.1, -0.05) is 13.8 Å². The summed E-state index contributed by atoms with van der Waals surface area (Å²) in [5, 5.41) is 12.1. The minimum atomic E-state index is -0.0525. The number of aliphatic hydroxyl groups excluding tert-OH is 1. The lowest BCUT2D eigenvalue weighted by molar-refractivity contribution is 0.220. The van der Waals surface area contributed by atoms with E-state index in [0.717, 1.165) is 12.8 Å². The third-order valence-corrected chi connectivity index (χ3v) is 3.33. The Labute approximate surface area is 107 Å². The number of hydrogen-bond acceptors (Lipinski definition) is 4. The van der Waals surface area contributed by atoms with E-state index in [1.165, 1.54) is 0 Å². The normalized spacial score (nSPS) is 15.7. The maximum absolute atomic E-state index is 12.1. The van der Waals surface area contributed by atoms with E-state index in [0.29, 0.717) is 24.8 Å². The van der Waals surface area contributed by atoms with Gasteiger partial charge < -0.3 is 15.0 Å². The van der Waals surface area contributed by atoms with Gasteiger partial charge >= 0.3 is 0 Å². The molecule has 0 unspecified atom stereocenters. The third kappa shape index (κ3) is 3.10. The van der Waals surface area contributed by atoms with Gasteiger partial charge in [-0.25, -0.2) is 4.98 Å². The van der Waals surface area contributed by atoms with Crippen molar-refractivity contribution in [1.82, 2.24) is 9.55 Å². The Morgan fingerprint density at radius 2 is 2.28 bits per heavy atom. The lowest BCUT2D eigenvalue weighted by atomic mass is 9.90. The van der Waals surface area contributed by atoms with E-state index < -0.39 is 0 Å². The third-order valence-electron chi connectivity index (χ3n) is 3.33. The molecule has 5 nitrogen and oxygen atoms in total. The fourth-order valence-electron chi connectivity index (χ4n) is 1.90. The smallest absolute Gasteiger partial charge is 0.293 e. The average molecular weight is 251 g/mol. The molecular weight excluding hydrogens is 230 g/mol. The van der Waals surface area contributed by atoms with Crippen LogP contribution in [0.1, 0.15) is 39.2 Å². The van der Waals surface area contributed by atoms with Gasteiger partial charge in [-0.2, -0.15) is 0 Å². The number of nitrogens with zero attached hydrogens (tertiary/aromatic N) is 2. The van der Waals surface area contributed by atoms with Crippen LogP contribution < -0.4 is 10.9 Å². The summed E-state index contributed by atoms with van der Waals surface area (Å²) in [6, 6.07) is 0.367. The molecule has 1 heterocycles. The molecule has 0 atom stereocenters. The molecular formula is C13H21N3O2. The van der Waals surface area contributed by atoms with Crippen molar-refractivity contribution < 1.29 is 5.11 Å². The zero-order chi connectivity index (χ0) is 13.2. The zero-order valence-electron chi connectivity index (χ0n) is 11.0. The molecule has 0 spiro atoms. The molecule has 1 fully saturated rings. The zero-order valence-corrected chi connectivity index (χ0v) is 11.0. The van der Waals surface area contributed by atoms with E-state index >= 15 is 0 Å². The first kappa shape index (κ1) is 13.1. The van der Waals surface area contributed by atoms with Gasteiger partial charge in [0.1, 0.15) is 0 Å². The largest absolute Gasteiger partial charge is 0.396 e. The molecule has 2 rings (SSSR count). The first-order chi connectivity index (χ1) is 8.53. The van der Waals surface area contributed by atoms with Gasteiger partial charge in [0, 0.05) is 31.6 Å². The summed E-state index contributed by atoms with van der Waals surface area (Å²) < 4.78 is 1.76. The lowest BCUT2D eigenvalue weighted by Gasteiger charge is -2.24. The first-order valence-electron chi connectivity index (χ1n) is 6.45. The molecule has 0 saturated heterocycles. The molecule has 0 radical (unpaired) electrons. The second kappa shape index (κ2) is 5.10. The predicted molar refractivity (Wildman–Crippen MR) is 70.7 cm³/mol. The highest BCUT2D eigenvalue weighted by Crippen LogP contribution is 2.33. The highest BCUT2D eigenvalue weighted by molar-refractivity contribution is 5.31. The summed E-state index contributed by atoms with van der Waals surface area (Å²) in [4.78, 5) is 16.2. The molecule has 0 aromatic carbocycles. The van der Waals surface area contributed by atoms with Gasteiger partial charge in [-0.05, 0) is 24.7 Å². The van der Waals surface area contributed by atoms with Crippen molar-refractivity contribution in [3.63, 3.8) is 0 Å². The molecule has 1 saturated carbocycles. The van der Waals surface area contributed by atoms with Crippen molar-refractivity contribution in [2.45, 2.75) is 39.2 Å². The molecule has 1 aromatic heterocycles. The van der Waals surface area contributed by atoms with E-state index in [4.69, 9.17) is 5.11 Å². The molecule has 5 heteroatoms. The molecule has 0 aliphatic heterocycles. The van der Waals surface area contributed by atoms with Crippen molar-refractivity contribution in [2.75, 3.05) is 18.5 Å². The van der Waals surface area contributed by atoms with E-state index in [-0.39, 0.29) is 17.6 Å². The van der Waals surface area contributed by atoms with Crippen molar-refractivity contribution in [3.8, 4) is 0 Å². The van der Waals surface area contributed by atoms with Crippen LogP contribution in [0.4, 0.5) is 5.82 Å². The van der Waals surface area contributed by atoms with Crippen molar-refractivity contribution in [2.24, 2.45) is 5.41 Å². The number of hydrogen-bond donors (Lipinski definition) is 2. The molecule has 1 aromatic rings. The van der Waals surface area contributed by atoms with Crippen LogP contribution in [-0.2, 0) is 0 Å². The van der Waals surface area contributed by atoms with E-state index in [9.17, 15) is 4.79 Å². The van der Waals surface area contributed by atoms with Crippen molar-refractivity contribution in [3.05, 3.63) is 22.7 Å². The Morgan fingerprint density at radius 1 is 1.56 bits per heavy atom. The minimum absolute atomic E-state index is 0.0419. The quantitative estimate of drug-likeness (QED) is 0.802. The maximum atomic E-state index is 12.1. The van der Waals surface area contributed by atoms with Crippen LogP contribution in [0.2, 0.25) is 0 Å². The molecule has 0 amide bonds. The fraction of sp³-hybridized carbons (Fsp3) is 0.692. The molecule has 2 N–H and O–H groups in total. The fourth-order valence-corrected chi connectivity index (χ4v) is 1.90. The molecule has 18 heavy (non-hydrogen) atoms. The van der Waals surface area contributed by atoms with Gasteiger partial charge in [0.2, 0.25) is 0 Å². The van der Waals surface area contributed by atoms with Gasteiger partial charge in [0.15, 0.2) is 5.82 Å².